The molecule has 0 aliphatic carbocycles. The Hall–Kier alpha value is -1.10. The fourth-order valence-electron chi connectivity index (χ4n) is 1.86. The summed E-state index contributed by atoms with van der Waals surface area (Å²) in [4.78, 5) is 0. The second-order valence-electron chi connectivity index (χ2n) is 3.84. The molecule has 0 aliphatic heterocycles. The molecule has 0 bridgehead atoms. The zero-order chi connectivity index (χ0) is 12.3. The highest BCUT2D eigenvalue weighted by Gasteiger charge is 2.09. The van der Waals surface area contributed by atoms with Crippen LogP contribution in [0.5, 0.6) is 0 Å². The van der Waals surface area contributed by atoms with Gasteiger partial charge in [0, 0.05) is 30.7 Å². The van der Waals surface area contributed by atoms with Crippen LogP contribution < -0.4 is 0 Å². The number of aliphatic hydroxyl groups excluding tert-OH is 1. The first-order valence-corrected chi connectivity index (χ1v) is 5.89. The van der Waals surface area contributed by atoms with E-state index in [1.165, 1.54) is 0 Å². The molecule has 2 aromatic rings. The number of rotatable bonds is 5. The van der Waals surface area contributed by atoms with Crippen LogP contribution in [0.1, 0.15) is 12.1 Å². The number of benzene rings is 1. The maximum atomic E-state index is 9.27. The fourth-order valence-corrected chi connectivity index (χ4v) is 2.04. The van der Waals surface area contributed by atoms with E-state index in [2.05, 4.69) is 5.10 Å². The third-order valence-corrected chi connectivity index (χ3v) is 2.89. The van der Waals surface area contributed by atoms with Crippen molar-refractivity contribution in [2.45, 2.75) is 19.6 Å². The van der Waals surface area contributed by atoms with E-state index in [-0.39, 0.29) is 6.61 Å². The van der Waals surface area contributed by atoms with Crippen molar-refractivity contribution in [1.82, 2.24) is 9.78 Å². The van der Waals surface area contributed by atoms with Gasteiger partial charge in [0.2, 0.25) is 0 Å². The number of aromatic nitrogens is 2. The van der Waals surface area contributed by atoms with Crippen molar-refractivity contribution in [2.75, 3.05) is 13.7 Å². The lowest BCUT2D eigenvalue weighted by molar-refractivity contribution is 0.189. The molecule has 5 heteroatoms. The van der Waals surface area contributed by atoms with Crippen LogP contribution in [0.25, 0.3) is 10.9 Å². The molecule has 0 radical (unpaired) electrons. The van der Waals surface area contributed by atoms with Crippen molar-refractivity contribution in [3.05, 3.63) is 28.9 Å². The van der Waals surface area contributed by atoms with Gasteiger partial charge >= 0.3 is 0 Å². The van der Waals surface area contributed by atoms with Gasteiger partial charge in [-0.2, -0.15) is 5.10 Å². The molecule has 1 N–H and O–H groups in total. The Kier molecular flexibility index (Phi) is 3.99. The minimum Gasteiger partial charge on any atom is -0.390 e. The van der Waals surface area contributed by atoms with Gasteiger partial charge in [0.1, 0.15) is 0 Å². The van der Waals surface area contributed by atoms with Crippen LogP contribution in [-0.4, -0.2) is 28.6 Å². The first-order chi connectivity index (χ1) is 8.26. The second kappa shape index (κ2) is 5.49. The van der Waals surface area contributed by atoms with Gasteiger partial charge in [-0.1, -0.05) is 11.6 Å². The van der Waals surface area contributed by atoms with E-state index in [9.17, 15) is 5.11 Å². The van der Waals surface area contributed by atoms with Crippen molar-refractivity contribution in [3.63, 3.8) is 0 Å². The molecule has 4 nitrogen and oxygen atoms in total. The highest BCUT2D eigenvalue weighted by molar-refractivity contribution is 6.31. The number of halogens is 1. The summed E-state index contributed by atoms with van der Waals surface area (Å²) in [5, 5.41) is 15.2. The molecular weight excluding hydrogens is 240 g/mol. The van der Waals surface area contributed by atoms with Crippen molar-refractivity contribution < 1.29 is 9.84 Å². The molecule has 2 rings (SSSR count). The number of methoxy groups -OCH3 is 1. The zero-order valence-electron chi connectivity index (χ0n) is 9.69. The summed E-state index contributed by atoms with van der Waals surface area (Å²) < 4.78 is 6.90. The number of hydrogen-bond acceptors (Lipinski definition) is 3. The number of fused-ring (bicyclic) bond motifs is 1. The van der Waals surface area contributed by atoms with Gasteiger partial charge in [-0.15, -0.1) is 0 Å². The average Bonchev–Trinajstić information content (AvgIpc) is 2.67. The van der Waals surface area contributed by atoms with Crippen LogP contribution in [-0.2, 0) is 17.9 Å². The summed E-state index contributed by atoms with van der Waals surface area (Å²) in [6, 6.07) is 5.60. The molecule has 0 aliphatic rings. The summed E-state index contributed by atoms with van der Waals surface area (Å²) in [5.74, 6) is 0. The maximum absolute atomic E-state index is 9.27. The highest BCUT2D eigenvalue weighted by Crippen LogP contribution is 2.23. The summed E-state index contributed by atoms with van der Waals surface area (Å²) in [5.41, 5.74) is 1.66. The number of ether oxygens (including phenoxy) is 1. The minimum absolute atomic E-state index is 0.0753. The molecule has 0 atom stereocenters. The van der Waals surface area contributed by atoms with Gasteiger partial charge in [0.05, 0.1) is 17.8 Å². The zero-order valence-corrected chi connectivity index (χ0v) is 10.4. The van der Waals surface area contributed by atoms with E-state index >= 15 is 0 Å². The normalized spacial score (nSPS) is 11.2. The van der Waals surface area contributed by atoms with E-state index in [4.69, 9.17) is 16.3 Å². The largest absolute Gasteiger partial charge is 0.390 e. The van der Waals surface area contributed by atoms with Gasteiger partial charge in [0.25, 0.3) is 0 Å². The predicted molar refractivity (Wildman–Crippen MR) is 67.2 cm³/mol. The van der Waals surface area contributed by atoms with Crippen LogP contribution >= 0.6 is 11.6 Å². The lowest BCUT2D eigenvalue weighted by Gasteiger charge is -2.02. The SMILES string of the molecule is COCCCn1nc(CO)c2cc(Cl)ccc21. The van der Waals surface area contributed by atoms with Gasteiger partial charge in [-0.05, 0) is 24.6 Å². The van der Waals surface area contributed by atoms with Crippen LogP contribution in [0.2, 0.25) is 5.02 Å². The molecule has 0 unspecified atom stereocenters. The van der Waals surface area contributed by atoms with E-state index in [1.54, 1.807) is 7.11 Å². The first-order valence-electron chi connectivity index (χ1n) is 5.51. The summed E-state index contributed by atoms with van der Waals surface area (Å²) in [6.45, 7) is 1.39. The Labute approximate surface area is 105 Å². The minimum atomic E-state index is -0.0753. The number of aryl methyl sites for hydroxylation is 1. The van der Waals surface area contributed by atoms with Crippen LogP contribution in [0.3, 0.4) is 0 Å². The standard InChI is InChI=1S/C12H15ClN2O2/c1-17-6-2-5-15-12-4-3-9(13)7-10(12)11(8-16)14-15/h3-4,7,16H,2,5-6,8H2,1H3. The molecule has 0 saturated heterocycles. The molecule has 1 aromatic carbocycles. The number of hydrogen-bond donors (Lipinski definition) is 1. The average molecular weight is 255 g/mol. The Balaban J connectivity index is 2.35. The molecule has 0 amide bonds. The van der Waals surface area contributed by atoms with Crippen molar-refractivity contribution >= 4 is 22.5 Å². The van der Waals surface area contributed by atoms with E-state index in [0.29, 0.717) is 17.3 Å². The fraction of sp³-hybridized carbons (Fsp3) is 0.417. The summed E-state index contributed by atoms with van der Waals surface area (Å²) in [6.07, 6.45) is 0.890. The monoisotopic (exact) mass is 254 g/mol. The molecule has 0 saturated carbocycles. The Bertz CT molecular complexity index is 510. The number of nitrogens with zero attached hydrogens (tertiary/aromatic N) is 2. The van der Waals surface area contributed by atoms with Gasteiger partial charge in [-0.3, -0.25) is 4.68 Å². The van der Waals surface area contributed by atoms with E-state index < -0.39 is 0 Å². The maximum Gasteiger partial charge on any atom is 0.0958 e. The lowest BCUT2D eigenvalue weighted by atomic mass is 10.2. The summed E-state index contributed by atoms with van der Waals surface area (Å²) in [7, 11) is 1.68. The van der Waals surface area contributed by atoms with Gasteiger partial charge in [-0.25, -0.2) is 0 Å². The highest BCUT2D eigenvalue weighted by atomic mass is 35.5. The predicted octanol–water partition coefficient (Wildman–Crippen LogP) is 2.22. The van der Waals surface area contributed by atoms with Gasteiger partial charge < -0.3 is 9.84 Å². The van der Waals surface area contributed by atoms with Crippen LogP contribution in [0, 0.1) is 0 Å². The molecule has 1 heterocycles. The first kappa shape index (κ1) is 12.4. The molecule has 0 fully saturated rings. The Morgan fingerprint density at radius 3 is 3.00 bits per heavy atom. The van der Waals surface area contributed by atoms with Crippen molar-refractivity contribution in [2.24, 2.45) is 0 Å². The molecule has 17 heavy (non-hydrogen) atoms. The molecule has 92 valence electrons. The lowest BCUT2D eigenvalue weighted by Crippen LogP contribution is -2.03. The molecule has 1 aromatic heterocycles. The van der Waals surface area contributed by atoms with Crippen molar-refractivity contribution in [3.8, 4) is 0 Å². The number of aliphatic hydroxyl groups is 1. The van der Waals surface area contributed by atoms with Crippen LogP contribution in [0.4, 0.5) is 0 Å². The second-order valence-corrected chi connectivity index (χ2v) is 4.27. The topological polar surface area (TPSA) is 47.3 Å². The molecular formula is C12H15ClN2O2. The van der Waals surface area contributed by atoms with Crippen LogP contribution in [0.15, 0.2) is 18.2 Å². The van der Waals surface area contributed by atoms with E-state index in [1.807, 2.05) is 22.9 Å². The quantitative estimate of drug-likeness (QED) is 0.833. The smallest absolute Gasteiger partial charge is 0.0958 e. The van der Waals surface area contributed by atoms with E-state index in [0.717, 1.165) is 23.9 Å². The Morgan fingerprint density at radius 1 is 1.47 bits per heavy atom. The third kappa shape index (κ3) is 2.60. The van der Waals surface area contributed by atoms with Gasteiger partial charge in [0.15, 0.2) is 0 Å². The third-order valence-electron chi connectivity index (χ3n) is 2.66. The molecule has 0 spiro atoms. The Morgan fingerprint density at radius 2 is 2.29 bits per heavy atom. The van der Waals surface area contributed by atoms with Crippen molar-refractivity contribution in [1.29, 1.82) is 0 Å². The summed E-state index contributed by atoms with van der Waals surface area (Å²) >= 11 is 5.95.